The summed E-state index contributed by atoms with van der Waals surface area (Å²) in [6.45, 7) is 0. The monoisotopic (exact) mass is 218 g/mol. The molecule has 3 nitrogen and oxygen atoms in total. The number of ketones is 1. The Kier molecular flexibility index (Phi) is 3.04. The van der Waals surface area contributed by atoms with Crippen molar-refractivity contribution in [2.45, 2.75) is 19.3 Å². The second-order valence-electron chi connectivity index (χ2n) is 4.06. The summed E-state index contributed by atoms with van der Waals surface area (Å²) in [5.41, 5.74) is 1.06. The lowest BCUT2D eigenvalue weighted by Gasteiger charge is -2.23. The van der Waals surface area contributed by atoms with Gasteiger partial charge in [0.25, 0.3) is 0 Å². The number of rotatable bonds is 3. The van der Waals surface area contributed by atoms with Crippen LogP contribution in [0.3, 0.4) is 0 Å². The average Bonchev–Trinajstić information content (AvgIpc) is 2.26. The molecule has 0 unspecified atom stereocenters. The van der Waals surface area contributed by atoms with Crippen LogP contribution in [0.15, 0.2) is 24.3 Å². The smallest absolute Gasteiger partial charge is 0.337 e. The number of Topliss-reactive ketones (excluding diaryl/α,β-unsaturated/α-hetero) is 1. The minimum atomic E-state index is -0.400. The van der Waals surface area contributed by atoms with Gasteiger partial charge in [-0.3, -0.25) is 4.79 Å². The van der Waals surface area contributed by atoms with Gasteiger partial charge in [0.2, 0.25) is 0 Å². The van der Waals surface area contributed by atoms with E-state index >= 15 is 0 Å². The maximum absolute atomic E-state index is 11.9. The molecule has 0 radical (unpaired) electrons. The van der Waals surface area contributed by atoms with Gasteiger partial charge in [0.15, 0.2) is 5.78 Å². The lowest BCUT2D eigenvalue weighted by molar-refractivity contribution is 0.0600. The minimum Gasteiger partial charge on any atom is -0.465 e. The first-order valence-corrected chi connectivity index (χ1v) is 5.45. The number of esters is 1. The summed E-state index contributed by atoms with van der Waals surface area (Å²) in [5.74, 6) is -0.0897. The Morgan fingerprint density at radius 3 is 2.50 bits per heavy atom. The molecule has 0 saturated heterocycles. The summed E-state index contributed by atoms with van der Waals surface area (Å²) >= 11 is 0. The topological polar surface area (TPSA) is 43.4 Å². The van der Waals surface area contributed by atoms with Crippen LogP contribution < -0.4 is 0 Å². The standard InChI is InChI=1S/C13H14O3/c1-16-13(15)11-7-3-6-10(8-11)12(14)9-4-2-5-9/h3,6-9H,2,4-5H2,1H3. The molecule has 0 aliphatic heterocycles. The number of methoxy groups -OCH3 is 1. The molecule has 2 rings (SSSR count). The summed E-state index contributed by atoms with van der Waals surface area (Å²) in [7, 11) is 1.34. The van der Waals surface area contributed by atoms with Crippen molar-refractivity contribution in [2.24, 2.45) is 5.92 Å². The lowest BCUT2D eigenvalue weighted by atomic mass is 9.80. The Morgan fingerprint density at radius 2 is 1.94 bits per heavy atom. The number of hydrogen-bond acceptors (Lipinski definition) is 3. The number of ether oxygens (including phenoxy) is 1. The highest BCUT2D eigenvalue weighted by molar-refractivity contribution is 6.00. The molecule has 16 heavy (non-hydrogen) atoms. The number of carbonyl (C=O) groups is 2. The number of carbonyl (C=O) groups excluding carboxylic acids is 2. The third-order valence-electron chi connectivity index (χ3n) is 3.04. The molecule has 84 valence electrons. The molecule has 1 aliphatic carbocycles. The Labute approximate surface area is 94.4 Å². The predicted molar refractivity (Wildman–Crippen MR) is 59.5 cm³/mol. The van der Waals surface area contributed by atoms with E-state index in [1.807, 2.05) is 0 Å². The lowest BCUT2D eigenvalue weighted by Crippen LogP contribution is -2.22. The van der Waals surface area contributed by atoms with Crippen LogP contribution in [0.5, 0.6) is 0 Å². The van der Waals surface area contributed by atoms with Crippen molar-refractivity contribution in [3.63, 3.8) is 0 Å². The van der Waals surface area contributed by atoms with E-state index in [0.717, 1.165) is 19.3 Å². The molecule has 1 aliphatic rings. The van der Waals surface area contributed by atoms with Gasteiger partial charge < -0.3 is 4.74 Å². The van der Waals surface area contributed by atoms with Gasteiger partial charge >= 0.3 is 5.97 Å². The molecule has 0 spiro atoms. The average molecular weight is 218 g/mol. The van der Waals surface area contributed by atoms with Crippen molar-refractivity contribution in [3.05, 3.63) is 35.4 Å². The van der Waals surface area contributed by atoms with Crippen LogP contribution in [0.25, 0.3) is 0 Å². The molecule has 1 saturated carbocycles. The Hall–Kier alpha value is -1.64. The molecule has 1 aromatic rings. The van der Waals surface area contributed by atoms with Crippen LogP contribution in [0, 0.1) is 5.92 Å². The van der Waals surface area contributed by atoms with Crippen molar-refractivity contribution >= 4 is 11.8 Å². The van der Waals surface area contributed by atoms with Gasteiger partial charge in [-0.1, -0.05) is 18.6 Å². The van der Waals surface area contributed by atoms with Crippen LogP contribution in [0.2, 0.25) is 0 Å². The van der Waals surface area contributed by atoms with Crippen molar-refractivity contribution in [3.8, 4) is 0 Å². The fourth-order valence-electron chi connectivity index (χ4n) is 1.82. The highest BCUT2D eigenvalue weighted by atomic mass is 16.5. The molecule has 0 amide bonds. The summed E-state index contributed by atoms with van der Waals surface area (Å²) in [5, 5.41) is 0. The molecule has 1 aromatic carbocycles. The molecule has 0 heterocycles. The van der Waals surface area contributed by atoms with Gasteiger partial charge in [0, 0.05) is 11.5 Å². The summed E-state index contributed by atoms with van der Waals surface area (Å²) in [6.07, 6.45) is 3.08. The Balaban J connectivity index is 2.21. The van der Waals surface area contributed by atoms with Gasteiger partial charge in [0.1, 0.15) is 0 Å². The highest BCUT2D eigenvalue weighted by Crippen LogP contribution is 2.29. The Bertz CT molecular complexity index is 419. The zero-order valence-corrected chi connectivity index (χ0v) is 9.23. The normalized spacial score (nSPS) is 15.3. The van der Waals surface area contributed by atoms with Crippen LogP contribution >= 0.6 is 0 Å². The van der Waals surface area contributed by atoms with Crippen molar-refractivity contribution in [1.82, 2.24) is 0 Å². The van der Waals surface area contributed by atoms with Gasteiger partial charge in [-0.25, -0.2) is 4.79 Å². The molecule has 1 fully saturated rings. The number of benzene rings is 1. The third kappa shape index (κ3) is 1.98. The second kappa shape index (κ2) is 4.47. The van der Waals surface area contributed by atoms with Crippen LogP contribution in [-0.4, -0.2) is 18.9 Å². The maximum Gasteiger partial charge on any atom is 0.337 e. The third-order valence-corrected chi connectivity index (χ3v) is 3.04. The first-order chi connectivity index (χ1) is 7.72. The number of hydrogen-bond donors (Lipinski definition) is 0. The first-order valence-electron chi connectivity index (χ1n) is 5.45. The van der Waals surface area contributed by atoms with E-state index in [1.54, 1.807) is 24.3 Å². The summed E-state index contributed by atoms with van der Waals surface area (Å²) < 4.78 is 4.62. The van der Waals surface area contributed by atoms with Crippen LogP contribution in [-0.2, 0) is 4.74 Å². The van der Waals surface area contributed by atoms with Gasteiger partial charge in [-0.05, 0) is 25.0 Å². The molecule has 0 aromatic heterocycles. The van der Waals surface area contributed by atoms with Crippen molar-refractivity contribution in [1.29, 1.82) is 0 Å². The van der Waals surface area contributed by atoms with Gasteiger partial charge in [0.05, 0.1) is 12.7 Å². The molecular weight excluding hydrogens is 204 g/mol. The zero-order chi connectivity index (χ0) is 11.5. The highest BCUT2D eigenvalue weighted by Gasteiger charge is 2.26. The van der Waals surface area contributed by atoms with E-state index in [0.29, 0.717) is 11.1 Å². The van der Waals surface area contributed by atoms with E-state index in [9.17, 15) is 9.59 Å². The van der Waals surface area contributed by atoms with E-state index in [2.05, 4.69) is 4.74 Å². The maximum atomic E-state index is 11.9. The molecule has 0 bridgehead atoms. The fourth-order valence-corrected chi connectivity index (χ4v) is 1.82. The molecular formula is C13H14O3. The van der Waals surface area contributed by atoms with E-state index < -0.39 is 5.97 Å². The fraction of sp³-hybridized carbons (Fsp3) is 0.385. The summed E-state index contributed by atoms with van der Waals surface area (Å²) in [6, 6.07) is 6.75. The van der Waals surface area contributed by atoms with Crippen LogP contribution in [0.1, 0.15) is 40.0 Å². The van der Waals surface area contributed by atoms with Crippen LogP contribution in [0.4, 0.5) is 0 Å². The Morgan fingerprint density at radius 1 is 1.25 bits per heavy atom. The molecule has 0 atom stereocenters. The van der Waals surface area contributed by atoms with Crippen molar-refractivity contribution in [2.75, 3.05) is 7.11 Å². The molecule has 0 N–H and O–H groups in total. The van der Waals surface area contributed by atoms with Gasteiger partial charge in [-0.2, -0.15) is 0 Å². The quantitative estimate of drug-likeness (QED) is 0.578. The molecule has 3 heteroatoms. The first kappa shape index (κ1) is 10.9. The van der Waals surface area contributed by atoms with E-state index in [-0.39, 0.29) is 11.7 Å². The largest absolute Gasteiger partial charge is 0.465 e. The second-order valence-corrected chi connectivity index (χ2v) is 4.06. The summed E-state index contributed by atoms with van der Waals surface area (Å²) in [4.78, 5) is 23.2. The zero-order valence-electron chi connectivity index (χ0n) is 9.23. The SMILES string of the molecule is COC(=O)c1cccc(C(=O)C2CCC2)c1. The predicted octanol–water partition coefficient (Wildman–Crippen LogP) is 2.46. The van der Waals surface area contributed by atoms with E-state index in [4.69, 9.17) is 0 Å². The van der Waals surface area contributed by atoms with Crippen molar-refractivity contribution < 1.29 is 14.3 Å². The van der Waals surface area contributed by atoms with Gasteiger partial charge in [-0.15, -0.1) is 0 Å². The minimum absolute atomic E-state index is 0.150. The van der Waals surface area contributed by atoms with E-state index in [1.165, 1.54) is 7.11 Å².